The Morgan fingerprint density at radius 2 is 2.30 bits per heavy atom. The number of benzene rings is 1. The van der Waals surface area contributed by atoms with Gasteiger partial charge in [0.15, 0.2) is 0 Å². The van der Waals surface area contributed by atoms with Crippen LogP contribution in [0.5, 0.6) is 0 Å². The molecule has 1 unspecified atom stereocenters. The molecule has 2 aliphatic heterocycles. The highest BCUT2D eigenvalue weighted by molar-refractivity contribution is 5.63. The minimum Gasteiger partial charge on any atom is -0.392 e. The van der Waals surface area contributed by atoms with E-state index in [1.165, 1.54) is 16.8 Å². The molecule has 1 fully saturated rings. The van der Waals surface area contributed by atoms with E-state index < -0.39 is 0 Å². The Bertz CT molecular complexity index is 547. The number of likely N-dealkylation sites (tertiary alicyclic amines) is 1. The molecule has 20 heavy (non-hydrogen) atoms. The zero-order valence-electron chi connectivity index (χ0n) is 12.1. The molecule has 0 saturated carbocycles. The van der Waals surface area contributed by atoms with Gasteiger partial charge in [0.1, 0.15) is 5.60 Å². The Hall–Kier alpha value is -1.10. The first-order valence-corrected chi connectivity index (χ1v) is 7.46. The first kappa shape index (κ1) is 12.6. The van der Waals surface area contributed by atoms with Gasteiger partial charge in [0.05, 0.1) is 6.10 Å². The Labute approximate surface area is 119 Å². The number of methoxy groups -OCH3 is 1. The third-order valence-corrected chi connectivity index (χ3v) is 5.49. The van der Waals surface area contributed by atoms with Crippen LogP contribution in [0, 0.1) is 0 Å². The molecule has 4 heteroatoms. The predicted molar refractivity (Wildman–Crippen MR) is 78.0 cm³/mol. The number of fused-ring (bicyclic) bond motifs is 2. The summed E-state index contributed by atoms with van der Waals surface area (Å²) in [5.74, 6) is 0.576. The van der Waals surface area contributed by atoms with E-state index in [1.807, 2.05) is 0 Å². The van der Waals surface area contributed by atoms with Crippen LogP contribution in [0.4, 0.5) is 5.69 Å². The fourth-order valence-corrected chi connectivity index (χ4v) is 4.69. The van der Waals surface area contributed by atoms with E-state index in [4.69, 9.17) is 4.74 Å². The van der Waals surface area contributed by atoms with E-state index in [-0.39, 0.29) is 11.7 Å². The summed E-state index contributed by atoms with van der Waals surface area (Å²) in [4.78, 5) is 2.28. The SMILES string of the molecule is CO[C@]12C[C@@H](O)CN(C)[C@@H]1CC1CNc3cccc2c31. The summed E-state index contributed by atoms with van der Waals surface area (Å²) in [6.07, 6.45) is 1.48. The van der Waals surface area contributed by atoms with E-state index >= 15 is 0 Å². The summed E-state index contributed by atoms with van der Waals surface area (Å²) in [6.45, 7) is 1.77. The topological polar surface area (TPSA) is 44.7 Å². The van der Waals surface area contributed by atoms with Crippen LogP contribution in [0.2, 0.25) is 0 Å². The van der Waals surface area contributed by atoms with Crippen LogP contribution >= 0.6 is 0 Å². The van der Waals surface area contributed by atoms with E-state index in [9.17, 15) is 5.11 Å². The van der Waals surface area contributed by atoms with Gasteiger partial charge in [-0.1, -0.05) is 12.1 Å². The smallest absolute Gasteiger partial charge is 0.111 e. The molecule has 1 aromatic rings. The van der Waals surface area contributed by atoms with Gasteiger partial charge in [0.25, 0.3) is 0 Å². The number of rotatable bonds is 1. The number of β-amino-alcohol motifs (C(OH)–C–C–N with tert-alkyl or cyclic N) is 1. The van der Waals surface area contributed by atoms with Crippen LogP contribution in [0.1, 0.15) is 29.9 Å². The van der Waals surface area contributed by atoms with E-state index in [1.54, 1.807) is 7.11 Å². The minimum absolute atomic E-state index is 0.321. The molecule has 1 aromatic carbocycles. The maximum absolute atomic E-state index is 10.3. The highest BCUT2D eigenvalue weighted by Crippen LogP contribution is 2.53. The van der Waals surface area contributed by atoms with Gasteiger partial charge < -0.3 is 15.2 Å². The lowest BCUT2D eigenvalue weighted by Gasteiger charge is -2.53. The second-order valence-corrected chi connectivity index (χ2v) is 6.49. The van der Waals surface area contributed by atoms with Crippen LogP contribution in [0.15, 0.2) is 18.2 Å². The van der Waals surface area contributed by atoms with Crippen molar-refractivity contribution < 1.29 is 9.84 Å². The summed E-state index contributed by atoms with van der Waals surface area (Å²) >= 11 is 0. The molecule has 0 bridgehead atoms. The Kier molecular flexibility index (Phi) is 2.65. The van der Waals surface area contributed by atoms with Gasteiger partial charge in [-0.05, 0) is 30.7 Å². The molecule has 4 rings (SSSR count). The van der Waals surface area contributed by atoms with Crippen molar-refractivity contribution in [3.63, 3.8) is 0 Å². The summed E-state index contributed by atoms with van der Waals surface area (Å²) < 4.78 is 6.05. The van der Waals surface area contributed by atoms with Crippen molar-refractivity contribution in [2.45, 2.75) is 36.5 Å². The van der Waals surface area contributed by atoms with Crippen molar-refractivity contribution in [2.24, 2.45) is 0 Å². The summed E-state index contributed by atoms with van der Waals surface area (Å²) in [5.41, 5.74) is 3.60. The lowest BCUT2D eigenvalue weighted by molar-refractivity contribution is -0.149. The number of aliphatic hydroxyl groups is 1. The maximum Gasteiger partial charge on any atom is 0.111 e. The molecule has 0 spiro atoms. The molecule has 0 radical (unpaired) electrons. The highest BCUT2D eigenvalue weighted by atomic mass is 16.5. The Balaban J connectivity index is 1.92. The maximum atomic E-state index is 10.3. The molecule has 2 heterocycles. The number of likely N-dealkylation sites (N-methyl/N-ethyl adjacent to an activating group) is 1. The fraction of sp³-hybridized carbons (Fsp3) is 0.625. The number of aliphatic hydroxyl groups excluding tert-OH is 1. The summed E-state index contributed by atoms with van der Waals surface area (Å²) in [7, 11) is 3.90. The average Bonchev–Trinajstić information content (AvgIpc) is 2.85. The van der Waals surface area contributed by atoms with Crippen LogP contribution in [0.3, 0.4) is 0 Å². The number of hydrogen-bond donors (Lipinski definition) is 2. The van der Waals surface area contributed by atoms with Crippen LogP contribution in [-0.2, 0) is 10.3 Å². The van der Waals surface area contributed by atoms with Gasteiger partial charge in [0.2, 0.25) is 0 Å². The molecule has 4 nitrogen and oxygen atoms in total. The van der Waals surface area contributed by atoms with Crippen LogP contribution in [-0.4, -0.2) is 49.4 Å². The number of nitrogens with zero attached hydrogens (tertiary/aromatic N) is 1. The largest absolute Gasteiger partial charge is 0.392 e. The van der Waals surface area contributed by atoms with E-state index in [0.717, 1.165) is 19.5 Å². The number of nitrogens with one attached hydrogen (secondary N) is 1. The molecule has 3 aliphatic rings. The first-order chi connectivity index (χ1) is 9.65. The van der Waals surface area contributed by atoms with Gasteiger partial charge in [-0.15, -0.1) is 0 Å². The van der Waals surface area contributed by atoms with E-state index in [0.29, 0.717) is 18.4 Å². The van der Waals surface area contributed by atoms with Crippen molar-refractivity contribution >= 4 is 5.69 Å². The lowest BCUT2D eigenvalue weighted by Crippen LogP contribution is -2.61. The quantitative estimate of drug-likeness (QED) is 0.815. The Morgan fingerprint density at radius 1 is 1.45 bits per heavy atom. The van der Waals surface area contributed by atoms with Crippen molar-refractivity contribution in [3.05, 3.63) is 29.3 Å². The van der Waals surface area contributed by atoms with Crippen molar-refractivity contribution in [1.29, 1.82) is 0 Å². The molecule has 4 atom stereocenters. The molecule has 0 aromatic heterocycles. The monoisotopic (exact) mass is 274 g/mol. The summed E-state index contributed by atoms with van der Waals surface area (Å²) in [6, 6.07) is 6.81. The first-order valence-electron chi connectivity index (χ1n) is 7.46. The number of hydrogen-bond acceptors (Lipinski definition) is 4. The van der Waals surface area contributed by atoms with Crippen LogP contribution in [0.25, 0.3) is 0 Å². The highest BCUT2D eigenvalue weighted by Gasteiger charge is 2.54. The fourth-order valence-electron chi connectivity index (χ4n) is 4.69. The van der Waals surface area contributed by atoms with E-state index in [2.05, 4.69) is 35.5 Å². The molecule has 2 N–H and O–H groups in total. The van der Waals surface area contributed by atoms with Crippen LogP contribution < -0.4 is 5.32 Å². The average molecular weight is 274 g/mol. The molecule has 0 amide bonds. The predicted octanol–water partition coefficient (Wildman–Crippen LogP) is 1.51. The summed E-state index contributed by atoms with van der Waals surface area (Å²) in [5, 5.41) is 13.8. The van der Waals surface area contributed by atoms with Gasteiger partial charge in [-0.25, -0.2) is 0 Å². The second-order valence-electron chi connectivity index (χ2n) is 6.49. The number of piperidine rings is 1. The van der Waals surface area contributed by atoms with Gasteiger partial charge >= 0.3 is 0 Å². The number of anilines is 1. The van der Waals surface area contributed by atoms with Crippen molar-refractivity contribution in [2.75, 3.05) is 32.6 Å². The van der Waals surface area contributed by atoms with Gasteiger partial charge in [0, 0.05) is 44.3 Å². The van der Waals surface area contributed by atoms with Gasteiger partial charge in [-0.2, -0.15) is 0 Å². The normalized spacial score (nSPS) is 39.0. The molecule has 108 valence electrons. The molecule has 1 saturated heterocycles. The second kappa shape index (κ2) is 4.20. The zero-order valence-corrected chi connectivity index (χ0v) is 12.1. The minimum atomic E-state index is -0.361. The lowest BCUT2D eigenvalue weighted by atomic mass is 9.67. The van der Waals surface area contributed by atoms with Crippen molar-refractivity contribution in [3.8, 4) is 0 Å². The molecular formula is C16H22N2O2. The number of ether oxygens (including phenoxy) is 1. The standard InChI is InChI=1S/C16H22N2O2/c1-18-9-11(19)7-16(20-2)12-4-3-5-13-15(12)10(8-17-13)6-14(16)18/h3-5,10-11,14,17,19H,6-9H2,1-2H3/t10?,11-,14-,16+/m1/s1. The zero-order chi connectivity index (χ0) is 13.9. The Morgan fingerprint density at radius 3 is 3.10 bits per heavy atom. The third kappa shape index (κ3) is 1.47. The van der Waals surface area contributed by atoms with Gasteiger partial charge in [-0.3, -0.25) is 4.90 Å². The molecular weight excluding hydrogens is 252 g/mol. The molecule has 1 aliphatic carbocycles. The third-order valence-electron chi connectivity index (χ3n) is 5.49. The van der Waals surface area contributed by atoms with Crippen molar-refractivity contribution in [1.82, 2.24) is 4.90 Å².